The lowest BCUT2D eigenvalue weighted by Crippen LogP contribution is -2.16. The highest BCUT2D eigenvalue weighted by atomic mass is 79.9. The lowest BCUT2D eigenvalue weighted by Gasteiger charge is -2.15. The van der Waals surface area contributed by atoms with Gasteiger partial charge >= 0.3 is 0 Å². The first-order valence-electron chi connectivity index (χ1n) is 9.50. The van der Waals surface area contributed by atoms with Crippen LogP contribution in [-0.2, 0) is 10.0 Å². The molecule has 0 amide bonds. The second-order valence-electron chi connectivity index (χ2n) is 6.52. The number of nitrogens with one attached hydrogen (secondary N) is 2. The van der Waals surface area contributed by atoms with Crippen molar-refractivity contribution >= 4 is 54.3 Å². The number of ether oxygens (including phenoxy) is 1. The molecule has 0 bridgehead atoms. The molecular formula is C22H19BrN4O3S. The monoisotopic (exact) mass is 498 g/mol. The highest BCUT2D eigenvalue weighted by Gasteiger charge is 2.19. The molecule has 0 saturated carbocycles. The number of fused-ring (bicyclic) bond motifs is 1. The van der Waals surface area contributed by atoms with E-state index >= 15 is 0 Å². The van der Waals surface area contributed by atoms with Crippen molar-refractivity contribution in [2.75, 3.05) is 16.6 Å². The fraction of sp³-hybridized carbons (Fsp3) is 0.0909. The Hall–Kier alpha value is -3.17. The summed E-state index contributed by atoms with van der Waals surface area (Å²) in [5, 5.41) is 3.17. The number of hydrogen-bond donors (Lipinski definition) is 2. The van der Waals surface area contributed by atoms with E-state index in [9.17, 15) is 8.42 Å². The molecule has 0 saturated heterocycles. The third kappa shape index (κ3) is 4.78. The molecule has 0 aliphatic heterocycles. The second-order valence-corrected chi connectivity index (χ2v) is 9.06. The lowest BCUT2D eigenvalue weighted by atomic mass is 10.3. The van der Waals surface area contributed by atoms with Crippen LogP contribution >= 0.6 is 15.9 Å². The van der Waals surface area contributed by atoms with Crippen molar-refractivity contribution in [1.82, 2.24) is 9.97 Å². The Balaban J connectivity index is 1.73. The molecule has 1 aromatic heterocycles. The average Bonchev–Trinajstić information content (AvgIpc) is 2.76. The van der Waals surface area contributed by atoms with Gasteiger partial charge in [-0.3, -0.25) is 4.72 Å². The van der Waals surface area contributed by atoms with Crippen LogP contribution in [0.2, 0.25) is 0 Å². The Bertz CT molecular complexity index is 1330. The van der Waals surface area contributed by atoms with Gasteiger partial charge in [-0.2, -0.15) is 0 Å². The Morgan fingerprint density at radius 3 is 2.13 bits per heavy atom. The van der Waals surface area contributed by atoms with Gasteiger partial charge in [-0.1, -0.05) is 24.3 Å². The van der Waals surface area contributed by atoms with Crippen LogP contribution in [0, 0.1) is 0 Å². The summed E-state index contributed by atoms with van der Waals surface area (Å²) in [5.74, 6) is 0.992. The summed E-state index contributed by atoms with van der Waals surface area (Å²) in [6, 6.07) is 21.0. The molecular weight excluding hydrogens is 480 g/mol. The third-order valence-corrected chi connectivity index (χ3v) is 6.42. The summed E-state index contributed by atoms with van der Waals surface area (Å²) in [5.41, 5.74) is 1.94. The molecule has 2 N–H and O–H groups in total. The van der Waals surface area contributed by atoms with Gasteiger partial charge in [0.1, 0.15) is 5.75 Å². The van der Waals surface area contributed by atoms with E-state index in [2.05, 4.69) is 35.9 Å². The van der Waals surface area contributed by atoms with E-state index in [0.717, 1.165) is 10.2 Å². The minimum Gasteiger partial charge on any atom is -0.494 e. The van der Waals surface area contributed by atoms with Crippen molar-refractivity contribution in [3.8, 4) is 5.75 Å². The van der Waals surface area contributed by atoms with Crippen LogP contribution in [0.4, 0.5) is 17.3 Å². The quantitative estimate of drug-likeness (QED) is 0.357. The van der Waals surface area contributed by atoms with E-state index in [-0.39, 0.29) is 10.7 Å². The van der Waals surface area contributed by atoms with Gasteiger partial charge in [0.15, 0.2) is 11.6 Å². The molecule has 0 unspecified atom stereocenters. The van der Waals surface area contributed by atoms with Gasteiger partial charge in [0.2, 0.25) is 0 Å². The first-order chi connectivity index (χ1) is 15.0. The minimum absolute atomic E-state index is 0.0951. The summed E-state index contributed by atoms with van der Waals surface area (Å²) in [7, 11) is -3.90. The molecule has 0 fully saturated rings. The smallest absolute Gasteiger partial charge is 0.263 e. The summed E-state index contributed by atoms with van der Waals surface area (Å²) < 4.78 is 34.8. The molecule has 0 atom stereocenters. The van der Waals surface area contributed by atoms with Crippen LogP contribution in [0.3, 0.4) is 0 Å². The second kappa shape index (κ2) is 8.91. The van der Waals surface area contributed by atoms with Gasteiger partial charge in [-0.25, -0.2) is 18.4 Å². The molecule has 0 spiro atoms. The number of nitrogens with zero attached hydrogens (tertiary/aromatic N) is 2. The molecule has 158 valence electrons. The highest BCUT2D eigenvalue weighted by Crippen LogP contribution is 2.30. The standard InChI is InChI=1S/C22H19BrN4O3S/c1-2-30-15-11-13-16(14-12-15)31(28,29)27-22-21(24-18-8-4-3-7-17(18)23)25-19-9-5-6-10-20(19)26-22/h3-14H,2H2,1H3,(H,24,25)(H,26,27). The molecule has 1 heterocycles. The van der Waals surface area contributed by atoms with E-state index in [4.69, 9.17) is 4.74 Å². The van der Waals surface area contributed by atoms with E-state index in [1.165, 1.54) is 12.1 Å². The maximum Gasteiger partial charge on any atom is 0.263 e. The zero-order chi connectivity index (χ0) is 21.8. The lowest BCUT2D eigenvalue weighted by molar-refractivity contribution is 0.340. The SMILES string of the molecule is CCOc1ccc(S(=O)(=O)Nc2nc3ccccc3nc2Nc2ccccc2Br)cc1. The number of anilines is 3. The van der Waals surface area contributed by atoms with Crippen molar-refractivity contribution in [3.63, 3.8) is 0 Å². The van der Waals surface area contributed by atoms with Crippen LogP contribution in [0.1, 0.15) is 6.92 Å². The predicted molar refractivity (Wildman–Crippen MR) is 125 cm³/mol. The topological polar surface area (TPSA) is 93.2 Å². The van der Waals surface area contributed by atoms with E-state index < -0.39 is 10.0 Å². The summed E-state index contributed by atoms with van der Waals surface area (Å²) in [6.07, 6.45) is 0. The number of aromatic nitrogens is 2. The minimum atomic E-state index is -3.90. The molecule has 31 heavy (non-hydrogen) atoms. The first kappa shape index (κ1) is 21.1. The highest BCUT2D eigenvalue weighted by molar-refractivity contribution is 9.10. The normalized spacial score (nSPS) is 11.3. The maximum absolute atomic E-state index is 13.0. The molecule has 0 aliphatic carbocycles. The van der Waals surface area contributed by atoms with Crippen molar-refractivity contribution < 1.29 is 13.2 Å². The number of hydrogen-bond acceptors (Lipinski definition) is 6. The zero-order valence-electron chi connectivity index (χ0n) is 16.5. The molecule has 0 radical (unpaired) electrons. The predicted octanol–water partition coefficient (Wildman–Crippen LogP) is 5.34. The van der Waals surface area contributed by atoms with E-state index in [1.807, 2.05) is 49.4 Å². The van der Waals surface area contributed by atoms with E-state index in [1.54, 1.807) is 18.2 Å². The van der Waals surface area contributed by atoms with Gasteiger partial charge in [-0.15, -0.1) is 0 Å². The fourth-order valence-corrected chi connectivity index (χ4v) is 4.31. The van der Waals surface area contributed by atoms with Gasteiger partial charge in [0, 0.05) is 4.47 Å². The van der Waals surface area contributed by atoms with Crippen LogP contribution in [0.15, 0.2) is 82.2 Å². The summed E-state index contributed by atoms with van der Waals surface area (Å²) in [4.78, 5) is 9.19. The number of sulfonamides is 1. The maximum atomic E-state index is 13.0. The molecule has 3 aromatic carbocycles. The van der Waals surface area contributed by atoms with Crippen LogP contribution in [0.25, 0.3) is 11.0 Å². The van der Waals surface area contributed by atoms with Crippen LogP contribution in [0.5, 0.6) is 5.75 Å². The van der Waals surface area contributed by atoms with Gasteiger partial charge in [0.25, 0.3) is 10.0 Å². The van der Waals surface area contributed by atoms with Gasteiger partial charge in [0.05, 0.1) is 28.2 Å². The summed E-state index contributed by atoms with van der Waals surface area (Å²) >= 11 is 3.48. The van der Waals surface area contributed by atoms with Crippen LogP contribution in [-0.4, -0.2) is 25.0 Å². The molecule has 7 nitrogen and oxygen atoms in total. The van der Waals surface area contributed by atoms with E-state index in [0.29, 0.717) is 29.2 Å². The Labute approximate surface area is 188 Å². The Morgan fingerprint density at radius 1 is 0.871 bits per heavy atom. The van der Waals surface area contributed by atoms with Crippen molar-refractivity contribution in [2.24, 2.45) is 0 Å². The first-order valence-corrected chi connectivity index (χ1v) is 11.8. The third-order valence-electron chi connectivity index (χ3n) is 4.37. The molecule has 9 heteroatoms. The van der Waals surface area contributed by atoms with Crippen molar-refractivity contribution in [1.29, 1.82) is 0 Å². The zero-order valence-corrected chi connectivity index (χ0v) is 18.9. The average molecular weight is 499 g/mol. The van der Waals surface area contributed by atoms with Gasteiger partial charge < -0.3 is 10.1 Å². The Morgan fingerprint density at radius 2 is 1.48 bits per heavy atom. The number of benzene rings is 3. The van der Waals surface area contributed by atoms with Gasteiger partial charge in [-0.05, 0) is 71.4 Å². The number of rotatable bonds is 7. The van der Waals surface area contributed by atoms with Crippen molar-refractivity contribution in [3.05, 3.63) is 77.3 Å². The molecule has 4 rings (SSSR count). The number of para-hydroxylation sites is 3. The largest absolute Gasteiger partial charge is 0.494 e. The fourth-order valence-electron chi connectivity index (χ4n) is 2.92. The summed E-state index contributed by atoms with van der Waals surface area (Å²) in [6.45, 7) is 2.37. The number of halogens is 1. The Kier molecular flexibility index (Phi) is 6.06. The van der Waals surface area contributed by atoms with Crippen LogP contribution < -0.4 is 14.8 Å². The molecule has 0 aliphatic rings. The van der Waals surface area contributed by atoms with Crippen molar-refractivity contribution in [2.45, 2.75) is 11.8 Å². The molecule has 4 aromatic rings.